The summed E-state index contributed by atoms with van der Waals surface area (Å²) < 4.78 is 7.75. The van der Waals surface area contributed by atoms with E-state index in [0.29, 0.717) is 18.1 Å². The molecule has 2 aromatic carbocycles. The van der Waals surface area contributed by atoms with Crippen molar-refractivity contribution in [2.75, 3.05) is 17.2 Å². The second kappa shape index (κ2) is 8.48. The Bertz CT molecular complexity index is 1220. The summed E-state index contributed by atoms with van der Waals surface area (Å²) in [6.45, 7) is 2.24. The van der Waals surface area contributed by atoms with Gasteiger partial charge in [0.15, 0.2) is 0 Å². The van der Waals surface area contributed by atoms with Crippen molar-refractivity contribution in [3.8, 4) is 5.75 Å². The molecule has 4 rings (SSSR count). The standard InChI is InChI=1S/C21H20N6O3/c1-2-30-17-10-8-16(9-11-17)23-19(28)14-27-21(29)26-13-12-18(24-20(26)25-27)22-15-6-4-3-5-7-15/h3-13H,2,14H2,1H3,(H,23,28)(H,22,24,25). The van der Waals surface area contributed by atoms with E-state index in [1.807, 2.05) is 37.3 Å². The highest BCUT2D eigenvalue weighted by Crippen LogP contribution is 2.16. The van der Waals surface area contributed by atoms with Gasteiger partial charge >= 0.3 is 5.69 Å². The van der Waals surface area contributed by atoms with Crippen LogP contribution < -0.4 is 21.1 Å². The molecular formula is C21H20N6O3. The number of nitrogens with one attached hydrogen (secondary N) is 2. The maximum absolute atomic E-state index is 12.5. The normalized spacial score (nSPS) is 10.7. The zero-order valence-corrected chi connectivity index (χ0v) is 16.3. The van der Waals surface area contributed by atoms with Crippen LogP contribution in [0.15, 0.2) is 71.7 Å². The summed E-state index contributed by atoms with van der Waals surface area (Å²) >= 11 is 0. The molecule has 152 valence electrons. The molecule has 2 N–H and O–H groups in total. The van der Waals surface area contributed by atoms with E-state index < -0.39 is 5.69 Å². The zero-order chi connectivity index (χ0) is 20.9. The SMILES string of the molecule is CCOc1ccc(NC(=O)Cn2nc3nc(Nc4ccccc4)ccn3c2=O)cc1. The van der Waals surface area contributed by atoms with Crippen LogP contribution >= 0.6 is 0 Å². The predicted octanol–water partition coefficient (Wildman–Crippen LogP) is 2.67. The first kappa shape index (κ1) is 19.2. The third-order valence-corrected chi connectivity index (χ3v) is 4.24. The minimum Gasteiger partial charge on any atom is -0.494 e. The van der Waals surface area contributed by atoms with Crippen LogP contribution in [-0.4, -0.2) is 31.7 Å². The number of fused-ring (bicyclic) bond motifs is 1. The number of para-hydroxylation sites is 1. The number of amides is 1. The molecule has 0 spiro atoms. The number of nitrogens with zero attached hydrogens (tertiary/aromatic N) is 4. The Morgan fingerprint density at radius 1 is 1.03 bits per heavy atom. The van der Waals surface area contributed by atoms with Crippen LogP contribution in [0, 0.1) is 0 Å². The van der Waals surface area contributed by atoms with E-state index in [-0.39, 0.29) is 18.2 Å². The molecule has 0 aliphatic rings. The topological polar surface area (TPSA) is 103 Å². The van der Waals surface area contributed by atoms with Crippen LogP contribution in [0.25, 0.3) is 5.78 Å². The molecule has 0 aliphatic heterocycles. The first-order valence-electron chi connectivity index (χ1n) is 9.43. The fraction of sp³-hybridized carbons (Fsp3) is 0.143. The fourth-order valence-corrected chi connectivity index (χ4v) is 2.89. The molecule has 4 aromatic rings. The van der Waals surface area contributed by atoms with Crippen molar-refractivity contribution in [3.63, 3.8) is 0 Å². The van der Waals surface area contributed by atoms with Crippen molar-refractivity contribution < 1.29 is 9.53 Å². The minimum absolute atomic E-state index is 0.204. The predicted molar refractivity (Wildman–Crippen MR) is 113 cm³/mol. The molecule has 0 atom stereocenters. The van der Waals surface area contributed by atoms with Gasteiger partial charge in [0.05, 0.1) is 6.61 Å². The molecule has 2 heterocycles. The summed E-state index contributed by atoms with van der Waals surface area (Å²) in [4.78, 5) is 29.2. The Labute approximate surface area is 171 Å². The van der Waals surface area contributed by atoms with Crippen LogP contribution in [0.4, 0.5) is 17.2 Å². The monoisotopic (exact) mass is 404 g/mol. The van der Waals surface area contributed by atoms with E-state index in [4.69, 9.17) is 4.74 Å². The summed E-state index contributed by atoms with van der Waals surface area (Å²) in [6.07, 6.45) is 1.57. The van der Waals surface area contributed by atoms with E-state index in [9.17, 15) is 9.59 Å². The molecule has 2 aromatic heterocycles. The first-order valence-corrected chi connectivity index (χ1v) is 9.43. The molecule has 0 unspecified atom stereocenters. The van der Waals surface area contributed by atoms with Gasteiger partial charge in [-0.05, 0) is 49.4 Å². The summed E-state index contributed by atoms with van der Waals surface area (Å²) in [5.74, 6) is 1.10. The van der Waals surface area contributed by atoms with Gasteiger partial charge in [-0.15, -0.1) is 5.10 Å². The summed E-state index contributed by atoms with van der Waals surface area (Å²) in [5.41, 5.74) is 1.03. The number of rotatable bonds is 7. The third kappa shape index (κ3) is 4.30. The van der Waals surface area contributed by atoms with Gasteiger partial charge in [-0.2, -0.15) is 4.98 Å². The number of hydrogen-bond donors (Lipinski definition) is 2. The Morgan fingerprint density at radius 3 is 2.53 bits per heavy atom. The number of ether oxygens (including phenoxy) is 1. The summed E-state index contributed by atoms with van der Waals surface area (Å²) in [6, 6.07) is 18.2. The van der Waals surface area contributed by atoms with Crippen LogP contribution in [-0.2, 0) is 11.3 Å². The van der Waals surface area contributed by atoms with Crippen molar-refractivity contribution in [2.24, 2.45) is 0 Å². The Morgan fingerprint density at radius 2 is 1.80 bits per heavy atom. The van der Waals surface area contributed by atoms with E-state index in [2.05, 4.69) is 20.7 Å². The Kier molecular flexibility index (Phi) is 5.42. The average Bonchev–Trinajstić information content (AvgIpc) is 3.05. The lowest BCUT2D eigenvalue weighted by atomic mass is 10.3. The highest BCUT2D eigenvalue weighted by Gasteiger charge is 2.12. The first-order chi connectivity index (χ1) is 14.6. The number of aromatic nitrogens is 4. The van der Waals surface area contributed by atoms with E-state index in [1.54, 1.807) is 36.5 Å². The molecule has 1 amide bonds. The number of hydrogen-bond acceptors (Lipinski definition) is 6. The highest BCUT2D eigenvalue weighted by atomic mass is 16.5. The largest absolute Gasteiger partial charge is 0.494 e. The molecule has 0 aliphatic carbocycles. The Balaban J connectivity index is 1.47. The summed E-state index contributed by atoms with van der Waals surface area (Å²) in [5, 5.41) is 10.1. The number of carbonyl (C=O) groups is 1. The van der Waals surface area contributed by atoms with Crippen molar-refractivity contribution in [2.45, 2.75) is 13.5 Å². The van der Waals surface area contributed by atoms with E-state index in [0.717, 1.165) is 16.1 Å². The molecule has 9 nitrogen and oxygen atoms in total. The summed E-state index contributed by atoms with van der Waals surface area (Å²) in [7, 11) is 0. The van der Waals surface area contributed by atoms with Crippen molar-refractivity contribution in [1.82, 2.24) is 19.2 Å². The van der Waals surface area contributed by atoms with Gasteiger partial charge in [0.25, 0.3) is 5.78 Å². The highest BCUT2D eigenvalue weighted by molar-refractivity contribution is 5.90. The Hall–Kier alpha value is -4.14. The van der Waals surface area contributed by atoms with Gasteiger partial charge in [-0.25, -0.2) is 13.9 Å². The van der Waals surface area contributed by atoms with Gasteiger partial charge in [-0.3, -0.25) is 4.79 Å². The zero-order valence-electron chi connectivity index (χ0n) is 16.3. The number of benzene rings is 2. The van der Waals surface area contributed by atoms with Gasteiger partial charge in [-0.1, -0.05) is 18.2 Å². The average molecular weight is 404 g/mol. The molecule has 0 bridgehead atoms. The molecule has 0 saturated carbocycles. The number of anilines is 3. The molecule has 0 fully saturated rings. The van der Waals surface area contributed by atoms with Gasteiger partial charge in [0.1, 0.15) is 18.1 Å². The molecule has 0 saturated heterocycles. The van der Waals surface area contributed by atoms with Gasteiger partial charge in [0, 0.05) is 17.6 Å². The molecule has 9 heteroatoms. The van der Waals surface area contributed by atoms with E-state index in [1.165, 1.54) is 4.40 Å². The van der Waals surface area contributed by atoms with Crippen LogP contribution in [0.1, 0.15) is 6.92 Å². The second-order valence-corrected chi connectivity index (χ2v) is 6.42. The lowest BCUT2D eigenvalue weighted by molar-refractivity contribution is -0.117. The molecule has 0 radical (unpaired) electrons. The van der Waals surface area contributed by atoms with Crippen LogP contribution in [0.3, 0.4) is 0 Å². The molecular weight excluding hydrogens is 384 g/mol. The van der Waals surface area contributed by atoms with Crippen molar-refractivity contribution in [3.05, 3.63) is 77.3 Å². The quantitative estimate of drug-likeness (QED) is 0.491. The smallest absolute Gasteiger partial charge is 0.352 e. The van der Waals surface area contributed by atoms with Crippen molar-refractivity contribution in [1.29, 1.82) is 0 Å². The van der Waals surface area contributed by atoms with E-state index >= 15 is 0 Å². The third-order valence-electron chi connectivity index (χ3n) is 4.24. The van der Waals surface area contributed by atoms with Gasteiger partial charge < -0.3 is 15.4 Å². The maximum Gasteiger partial charge on any atom is 0.352 e. The second-order valence-electron chi connectivity index (χ2n) is 6.42. The minimum atomic E-state index is -0.439. The number of carbonyl (C=O) groups excluding carboxylic acids is 1. The molecule has 30 heavy (non-hydrogen) atoms. The van der Waals surface area contributed by atoms with Crippen LogP contribution in [0.5, 0.6) is 5.75 Å². The lowest BCUT2D eigenvalue weighted by Gasteiger charge is -2.06. The van der Waals surface area contributed by atoms with Gasteiger partial charge in [0.2, 0.25) is 5.91 Å². The van der Waals surface area contributed by atoms with Crippen LogP contribution in [0.2, 0.25) is 0 Å². The van der Waals surface area contributed by atoms with Crippen molar-refractivity contribution >= 4 is 28.9 Å². The lowest BCUT2D eigenvalue weighted by Crippen LogP contribution is -2.28. The maximum atomic E-state index is 12.5. The fourth-order valence-electron chi connectivity index (χ4n) is 2.89.